The molecule has 0 fully saturated rings. The molecule has 0 saturated heterocycles. The second-order valence-corrected chi connectivity index (χ2v) is 7.03. The van der Waals surface area contributed by atoms with Crippen molar-refractivity contribution in [2.24, 2.45) is 5.73 Å². The maximum absolute atomic E-state index is 14.2. The maximum atomic E-state index is 14.2. The molecule has 32 heavy (non-hydrogen) atoms. The van der Waals surface area contributed by atoms with E-state index in [0.717, 1.165) is 4.90 Å². The summed E-state index contributed by atoms with van der Waals surface area (Å²) >= 11 is 0. The normalized spacial score (nSPS) is 11.7. The first-order chi connectivity index (χ1) is 15.2. The molecular formula is C22H21F2N5O3. The Hall–Kier alpha value is -4.08. The summed E-state index contributed by atoms with van der Waals surface area (Å²) in [5, 5.41) is 17.1. The van der Waals surface area contributed by atoms with Crippen molar-refractivity contribution in [3.8, 4) is 11.1 Å². The second-order valence-electron chi connectivity index (χ2n) is 7.03. The number of aromatic carboxylic acids is 1. The number of halogens is 2. The van der Waals surface area contributed by atoms with Crippen LogP contribution >= 0.6 is 0 Å². The number of aromatic nitrogens is 2. The predicted molar refractivity (Wildman–Crippen MR) is 114 cm³/mol. The standard InChI is InChI=1S/C22H21F2N5O3/c1-28(22(25)26)20(30)18(15-11-17(21(31)32)29(12-15)9-7-23)14-5-2-4-13(10-14)16-6-3-8-27-19(16)24/h2-6,8,10-12,18H,7,9H2,1H3,(H3,25,26)(H,31,32). The SMILES string of the molecule is CN(C(=N)N)C(=O)C(c1cccc(-c2cccnc2F)c1)c1cc(C(=O)O)n(CCF)c1. The van der Waals surface area contributed by atoms with Gasteiger partial charge in [-0.3, -0.25) is 15.1 Å². The maximum Gasteiger partial charge on any atom is 0.352 e. The summed E-state index contributed by atoms with van der Waals surface area (Å²) in [4.78, 5) is 29.4. The van der Waals surface area contributed by atoms with Crippen LogP contribution in [0.25, 0.3) is 11.1 Å². The molecule has 2 heterocycles. The molecule has 1 atom stereocenters. The van der Waals surface area contributed by atoms with Crippen LogP contribution in [-0.2, 0) is 11.3 Å². The van der Waals surface area contributed by atoms with Crippen LogP contribution in [-0.4, -0.2) is 51.1 Å². The summed E-state index contributed by atoms with van der Waals surface area (Å²) in [7, 11) is 1.32. The number of aryl methyl sites for hydroxylation is 1. The number of alkyl halides is 1. The average Bonchev–Trinajstić information content (AvgIpc) is 3.17. The van der Waals surface area contributed by atoms with Gasteiger partial charge in [0, 0.05) is 25.0 Å². The molecule has 0 aliphatic heterocycles. The molecule has 1 amide bonds. The number of pyridine rings is 1. The third-order valence-corrected chi connectivity index (χ3v) is 5.02. The number of hydrogen-bond acceptors (Lipinski definition) is 4. The number of hydrogen-bond donors (Lipinski definition) is 3. The monoisotopic (exact) mass is 441 g/mol. The van der Waals surface area contributed by atoms with Crippen molar-refractivity contribution in [1.82, 2.24) is 14.5 Å². The van der Waals surface area contributed by atoms with Crippen LogP contribution in [0, 0.1) is 11.4 Å². The molecule has 0 spiro atoms. The highest BCUT2D eigenvalue weighted by Gasteiger charge is 2.30. The lowest BCUT2D eigenvalue weighted by Gasteiger charge is -2.23. The summed E-state index contributed by atoms with van der Waals surface area (Å²) in [6, 6.07) is 10.9. The Bertz CT molecular complexity index is 1180. The first-order valence-electron chi connectivity index (χ1n) is 9.56. The summed E-state index contributed by atoms with van der Waals surface area (Å²) in [5.41, 5.74) is 6.67. The number of carbonyl (C=O) groups is 2. The first-order valence-corrected chi connectivity index (χ1v) is 9.56. The number of benzene rings is 1. The summed E-state index contributed by atoms with van der Waals surface area (Å²) < 4.78 is 28.4. The number of nitrogens with two attached hydrogens (primary N) is 1. The fourth-order valence-electron chi connectivity index (χ4n) is 3.42. The van der Waals surface area contributed by atoms with E-state index < -0.39 is 36.4 Å². The second kappa shape index (κ2) is 9.38. The first kappa shape index (κ1) is 22.6. The molecule has 0 aliphatic rings. The smallest absolute Gasteiger partial charge is 0.352 e. The predicted octanol–water partition coefficient (Wildman–Crippen LogP) is 2.84. The van der Waals surface area contributed by atoms with Crippen LogP contribution in [0.1, 0.15) is 27.5 Å². The Labute approximate surface area is 182 Å². The van der Waals surface area contributed by atoms with E-state index in [1.165, 1.54) is 30.1 Å². The van der Waals surface area contributed by atoms with E-state index >= 15 is 0 Å². The van der Waals surface area contributed by atoms with Gasteiger partial charge in [-0.05, 0) is 41.0 Å². The van der Waals surface area contributed by atoms with Gasteiger partial charge in [-0.2, -0.15) is 4.39 Å². The minimum Gasteiger partial charge on any atom is -0.477 e. The van der Waals surface area contributed by atoms with E-state index in [1.54, 1.807) is 36.4 Å². The Balaban J connectivity index is 2.17. The molecule has 3 rings (SSSR count). The van der Waals surface area contributed by atoms with Gasteiger partial charge in [0.1, 0.15) is 12.4 Å². The zero-order valence-electron chi connectivity index (χ0n) is 17.1. The van der Waals surface area contributed by atoms with Crippen LogP contribution in [0.5, 0.6) is 0 Å². The van der Waals surface area contributed by atoms with E-state index in [4.69, 9.17) is 11.1 Å². The Morgan fingerprint density at radius 2 is 2.00 bits per heavy atom. The van der Waals surface area contributed by atoms with Crippen LogP contribution in [0.3, 0.4) is 0 Å². The van der Waals surface area contributed by atoms with Gasteiger partial charge < -0.3 is 15.4 Å². The molecule has 1 aromatic carbocycles. The Morgan fingerprint density at radius 1 is 1.25 bits per heavy atom. The van der Waals surface area contributed by atoms with Crippen LogP contribution < -0.4 is 5.73 Å². The number of nitrogens with one attached hydrogen (secondary N) is 1. The van der Waals surface area contributed by atoms with Crippen molar-refractivity contribution in [3.05, 3.63) is 77.6 Å². The number of carbonyl (C=O) groups excluding carboxylic acids is 1. The summed E-state index contributed by atoms with van der Waals surface area (Å²) in [6.45, 7) is -0.998. The van der Waals surface area contributed by atoms with Gasteiger partial charge in [-0.1, -0.05) is 18.2 Å². The van der Waals surface area contributed by atoms with Gasteiger partial charge in [-0.25, -0.2) is 14.2 Å². The van der Waals surface area contributed by atoms with Crippen LogP contribution in [0.4, 0.5) is 8.78 Å². The number of amides is 1. The average molecular weight is 441 g/mol. The zero-order valence-corrected chi connectivity index (χ0v) is 17.1. The lowest BCUT2D eigenvalue weighted by molar-refractivity contribution is -0.127. The number of likely N-dealkylation sites (N-methyl/N-ethyl adjacent to an activating group) is 1. The number of rotatable bonds is 7. The largest absolute Gasteiger partial charge is 0.477 e. The van der Waals surface area contributed by atoms with Crippen molar-refractivity contribution >= 4 is 17.8 Å². The molecule has 0 saturated carbocycles. The van der Waals surface area contributed by atoms with Crippen LogP contribution in [0.2, 0.25) is 0 Å². The van der Waals surface area contributed by atoms with E-state index in [1.807, 2.05) is 0 Å². The number of carboxylic acid groups (broad SMARTS) is 1. The molecule has 1 unspecified atom stereocenters. The Morgan fingerprint density at radius 3 is 2.62 bits per heavy atom. The van der Waals surface area contributed by atoms with Gasteiger partial charge in [0.15, 0.2) is 5.96 Å². The lowest BCUT2D eigenvalue weighted by atomic mass is 9.89. The number of carboxylic acids is 1. The summed E-state index contributed by atoms with van der Waals surface area (Å²) in [5.74, 6) is -4.13. The molecule has 4 N–H and O–H groups in total. The highest BCUT2D eigenvalue weighted by Crippen LogP contribution is 2.32. The number of guanidine groups is 1. The van der Waals surface area contributed by atoms with Crippen molar-refractivity contribution in [1.29, 1.82) is 5.41 Å². The Kier molecular flexibility index (Phi) is 6.62. The fourth-order valence-corrected chi connectivity index (χ4v) is 3.42. The van der Waals surface area contributed by atoms with Crippen molar-refractivity contribution in [2.45, 2.75) is 12.5 Å². The summed E-state index contributed by atoms with van der Waals surface area (Å²) in [6.07, 6.45) is 2.70. The molecular weight excluding hydrogens is 420 g/mol. The van der Waals surface area contributed by atoms with Gasteiger partial charge in [0.2, 0.25) is 11.9 Å². The minimum absolute atomic E-state index is 0.185. The molecule has 0 aliphatic carbocycles. The highest BCUT2D eigenvalue weighted by molar-refractivity contribution is 6.00. The zero-order chi connectivity index (χ0) is 23.4. The third-order valence-electron chi connectivity index (χ3n) is 5.02. The van der Waals surface area contributed by atoms with Gasteiger partial charge in [0.05, 0.1) is 12.5 Å². The quantitative estimate of drug-likeness (QED) is 0.295. The van der Waals surface area contributed by atoms with Crippen molar-refractivity contribution < 1.29 is 23.5 Å². The highest BCUT2D eigenvalue weighted by atomic mass is 19.1. The van der Waals surface area contributed by atoms with Crippen molar-refractivity contribution in [2.75, 3.05) is 13.7 Å². The molecule has 8 nitrogen and oxygen atoms in total. The third kappa shape index (κ3) is 4.48. The van der Waals surface area contributed by atoms with Gasteiger partial charge in [0.25, 0.3) is 0 Å². The van der Waals surface area contributed by atoms with E-state index in [2.05, 4.69) is 4.98 Å². The molecule has 166 valence electrons. The molecule has 2 aromatic heterocycles. The molecule has 10 heteroatoms. The lowest BCUT2D eigenvalue weighted by Crippen LogP contribution is -2.41. The molecule has 0 radical (unpaired) electrons. The van der Waals surface area contributed by atoms with E-state index in [0.29, 0.717) is 11.1 Å². The van der Waals surface area contributed by atoms with E-state index in [9.17, 15) is 23.5 Å². The topological polar surface area (TPSA) is 125 Å². The fraction of sp³-hybridized carbons (Fsp3) is 0.182. The number of nitrogens with zero attached hydrogens (tertiary/aromatic N) is 3. The van der Waals surface area contributed by atoms with Crippen molar-refractivity contribution in [3.63, 3.8) is 0 Å². The van der Waals surface area contributed by atoms with E-state index in [-0.39, 0.29) is 23.4 Å². The van der Waals surface area contributed by atoms with Gasteiger partial charge >= 0.3 is 5.97 Å². The minimum atomic E-state index is -1.28. The van der Waals surface area contributed by atoms with Crippen LogP contribution in [0.15, 0.2) is 54.9 Å². The molecule has 0 bridgehead atoms. The van der Waals surface area contributed by atoms with Gasteiger partial charge in [-0.15, -0.1) is 0 Å². The molecule has 3 aromatic rings.